The number of ether oxygens (including phenoxy) is 1. The summed E-state index contributed by atoms with van der Waals surface area (Å²) < 4.78 is 6.79. The first-order chi connectivity index (χ1) is 37.2. The summed E-state index contributed by atoms with van der Waals surface area (Å²) in [5.74, 6) is 1.77. The van der Waals surface area contributed by atoms with Crippen LogP contribution in [0.25, 0.3) is 55.3 Å². The molecule has 0 N–H and O–H groups in total. The minimum atomic E-state index is -0.625. The van der Waals surface area contributed by atoms with Crippen LogP contribution in [-0.2, 0) is 10.8 Å². The fourth-order valence-corrected chi connectivity index (χ4v) is 14.8. The Morgan fingerprint density at radius 2 is 0.720 bits per heavy atom. The predicted octanol–water partition coefficient (Wildman–Crippen LogP) is 18.9. The van der Waals surface area contributed by atoms with Gasteiger partial charge in [0, 0.05) is 37.7 Å². The number of anilines is 3. The van der Waals surface area contributed by atoms with Crippen LogP contribution in [0.4, 0.5) is 17.1 Å². The van der Waals surface area contributed by atoms with Crippen molar-refractivity contribution in [3.63, 3.8) is 0 Å². The Bertz CT molecular complexity index is 4260. The lowest BCUT2D eigenvalue weighted by Crippen LogP contribution is -2.32. The van der Waals surface area contributed by atoms with Crippen molar-refractivity contribution in [2.24, 2.45) is 0 Å². The third kappa shape index (κ3) is 5.87. The quantitative estimate of drug-likeness (QED) is 0.171. The first kappa shape index (κ1) is 42.4. The Kier molecular flexibility index (Phi) is 9.14. The molecule has 0 fully saturated rings. The maximum absolute atomic E-state index is 6.79. The van der Waals surface area contributed by atoms with Crippen molar-refractivity contribution in [1.29, 1.82) is 0 Å². The standard InChI is InChI=1S/C72H45NOS/c1-2-18-46(19-3-1)47-36-38-48(39-37-47)49-40-42-52(43-41-49)73(63-31-16-29-60-69(63)53-22-6-8-24-55(53)71(60)57-26-10-13-33-65(57)74-66-34-14-11-27-58(66)71)64-32-17-30-61-70(64)54-23-7-9-25-56(54)72(61)59-28-12-15-35-67(59)75-68-45-51-21-5-4-20-50(51)44-62(68)72/h1-45H. The summed E-state index contributed by atoms with van der Waals surface area (Å²) >= 11 is 1.90. The molecule has 2 aliphatic heterocycles. The second kappa shape index (κ2) is 16.2. The van der Waals surface area contributed by atoms with Crippen LogP contribution >= 0.6 is 11.8 Å². The molecule has 350 valence electrons. The van der Waals surface area contributed by atoms with Crippen molar-refractivity contribution < 1.29 is 4.74 Å². The number of hydrogen-bond acceptors (Lipinski definition) is 3. The van der Waals surface area contributed by atoms with E-state index in [4.69, 9.17) is 4.74 Å². The number of nitrogens with zero attached hydrogens (tertiary/aromatic N) is 1. The highest BCUT2D eigenvalue weighted by atomic mass is 32.2. The molecule has 16 rings (SSSR count). The van der Waals surface area contributed by atoms with Gasteiger partial charge in [-0.05, 0) is 132 Å². The molecule has 2 heterocycles. The van der Waals surface area contributed by atoms with E-state index in [0.717, 1.165) is 39.7 Å². The highest BCUT2D eigenvalue weighted by Gasteiger charge is 2.54. The molecule has 0 bridgehead atoms. The van der Waals surface area contributed by atoms with Crippen LogP contribution in [0.5, 0.6) is 11.5 Å². The van der Waals surface area contributed by atoms with Gasteiger partial charge in [-0.15, -0.1) is 0 Å². The summed E-state index contributed by atoms with van der Waals surface area (Å²) in [5.41, 5.74) is 21.9. The summed E-state index contributed by atoms with van der Waals surface area (Å²) in [7, 11) is 0. The number of para-hydroxylation sites is 2. The van der Waals surface area contributed by atoms with E-state index in [-0.39, 0.29) is 0 Å². The molecule has 2 spiro atoms. The van der Waals surface area contributed by atoms with E-state index >= 15 is 0 Å². The van der Waals surface area contributed by atoms with Gasteiger partial charge in [-0.3, -0.25) is 0 Å². The van der Waals surface area contributed by atoms with E-state index in [2.05, 4.69) is 278 Å². The van der Waals surface area contributed by atoms with E-state index in [0.29, 0.717) is 0 Å². The highest BCUT2D eigenvalue weighted by Crippen LogP contribution is 2.67. The maximum Gasteiger partial charge on any atom is 0.132 e. The van der Waals surface area contributed by atoms with Crippen LogP contribution in [0.2, 0.25) is 0 Å². The van der Waals surface area contributed by atoms with E-state index in [1.165, 1.54) is 98.5 Å². The summed E-state index contributed by atoms with van der Waals surface area (Å²) in [6, 6.07) is 101. The lowest BCUT2D eigenvalue weighted by Gasteiger charge is -2.40. The Balaban J connectivity index is 0.974. The predicted molar refractivity (Wildman–Crippen MR) is 308 cm³/mol. The van der Waals surface area contributed by atoms with Gasteiger partial charge in [0.1, 0.15) is 11.5 Å². The molecule has 0 saturated carbocycles. The first-order valence-corrected chi connectivity index (χ1v) is 26.7. The van der Waals surface area contributed by atoms with Crippen LogP contribution in [0.15, 0.2) is 283 Å². The fraction of sp³-hybridized carbons (Fsp3) is 0.0278. The molecule has 2 aliphatic carbocycles. The van der Waals surface area contributed by atoms with E-state index in [1.54, 1.807) is 0 Å². The maximum atomic E-state index is 6.79. The number of hydrogen-bond donors (Lipinski definition) is 0. The van der Waals surface area contributed by atoms with Gasteiger partial charge in [-0.2, -0.15) is 0 Å². The van der Waals surface area contributed by atoms with E-state index in [1.807, 2.05) is 11.8 Å². The highest BCUT2D eigenvalue weighted by molar-refractivity contribution is 7.99. The van der Waals surface area contributed by atoms with Crippen molar-refractivity contribution >= 4 is 39.6 Å². The van der Waals surface area contributed by atoms with Gasteiger partial charge in [-0.25, -0.2) is 0 Å². The van der Waals surface area contributed by atoms with Gasteiger partial charge in [0.25, 0.3) is 0 Å². The van der Waals surface area contributed by atoms with Gasteiger partial charge in [-0.1, -0.05) is 230 Å². The Labute approximate surface area is 440 Å². The molecule has 1 atom stereocenters. The molecule has 0 amide bonds. The lowest BCUT2D eigenvalue weighted by molar-refractivity contribution is 0.436. The molecule has 3 heteroatoms. The number of benzene rings is 12. The van der Waals surface area contributed by atoms with Crippen LogP contribution < -0.4 is 9.64 Å². The van der Waals surface area contributed by atoms with Gasteiger partial charge in [0.15, 0.2) is 0 Å². The molecule has 12 aromatic rings. The first-order valence-electron chi connectivity index (χ1n) is 25.9. The second-order valence-corrected chi connectivity index (χ2v) is 21.3. The normalized spacial score (nSPS) is 15.4. The number of fused-ring (bicyclic) bond motifs is 19. The summed E-state index contributed by atoms with van der Waals surface area (Å²) in [6.07, 6.45) is 0. The van der Waals surface area contributed by atoms with Crippen molar-refractivity contribution in [1.82, 2.24) is 0 Å². The Hall–Kier alpha value is -9.15. The van der Waals surface area contributed by atoms with Crippen molar-refractivity contribution in [2.75, 3.05) is 4.90 Å². The monoisotopic (exact) mass is 971 g/mol. The minimum Gasteiger partial charge on any atom is -0.457 e. The molecule has 4 aliphatic rings. The molecule has 0 saturated heterocycles. The van der Waals surface area contributed by atoms with Crippen LogP contribution in [0, 0.1) is 0 Å². The molecule has 2 nitrogen and oxygen atoms in total. The topological polar surface area (TPSA) is 12.5 Å². The van der Waals surface area contributed by atoms with Gasteiger partial charge >= 0.3 is 0 Å². The molecule has 75 heavy (non-hydrogen) atoms. The summed E-state index contributed by atoms with van der Waals surface area (Å²) in [6.45, 7) is 0. The fourth-order valence-electron chi connectivity index (χ4n) is 13.6. The average Bonchev–Trinajstić information content (AvgIpc) is 3.99. The zero-order valence-corrected chi connectivity index (χ0v) is 41.6. The van der Waals surface area contributed by atoms with E-state index < -0.39 is 10.8 Å². The van der Waals surface area contributed by atoms with Crippen molar-refractivity contribution in [2.45, 2.75) is 20.6 Å². The molecular formula is C72H45NOS. The molecule has 0 aromatic heterocycles. The van der Waals surface area contributed by atoms with Crippen LogP contribution in [0.1, 0.15) is 44.5 Å². The lowest BCUT2D eigenvalue weighted by atomic mass is 9.66. The third-order valence-electron chi connectivity index (χ3n) is 16.6. The minimum absolute atomic E-state index is 0.574. The Morgan fingerprint density at radius 3 is 1.31 bits per heavy atom. The SMILES string of the molecule is c1ccc(-c2ccc(-c3ccc(N(c4cccc5c4-c4ccccc4C54c5ccccc5Oc5ccccc54)c4cccc5c4-c4ccccc4C54c5ccccc5Sc5cc6ccccc6cc54)cc3)cc2)cc1. The number of rotatable bonds is 5. The molecule has 1 unspecified atom stereocenters. The average molecular weight is 972 g/mol. The van der Waals surface area contributed by atoms with Gasteiger partial charge in [0.2, 0.25) is 0 Å². The second-order valence-electron chi connectivity index (χ2n) is 20.2. The van der Waals surface area contributed by atoms with Gasteiger partial charge in [0.05, 0.1) is 22.2 Å². The summed E-state index contributed by atoms with van der Waals surface area (Å²) in [5, 5.41) is 2.50. The van der Waals surface area contributed by atoms with Crippen molar-refractivity contribution in [3.8, 4) is 56.0 Å². The summed E-state index contributed by atoms with van der Waals surface area (Å²) in [4.78, 5) is 5.16. The van der Waals surface area contributed by atoms with Crippen molar-refractivity contribution in [3.05, 3.63) is 317 Å². The van der Waals surface area contributed by atoms with E-state index in [9.17, 15) is 0 Å². The Morgan fingerprint density at radius 1 is 0.293 bits per heavy atom. The molecule has 0 radical (unpaired) electrons. The zero-order valence-electron chi connectivity index (χ0n) is 40.7. The van der Waals surface area contributed by atoms with Crippen LogP contribution in [-0.4, -0.2) is 0 Å². The van der Waals surface area contributed by atoms with Crippen LogP contribution in [0.3, 0.4) is 0 Å². The zero-order chi connectivity index (χ0) is 49.2. The molecule has 12 aromatic carbocycles. The smallest absolute Gasteiger partial charge is 0.132 e. The largest absolute Gasteiger partial charge is 0.457 e. The molecular weight excluding hydrogens is 927 g/mol. The van der Waals surface area contributed by atoms with Gasteiger partial charge < -0.3 is 9.64 Å². The third-order valence-corrected chi connectivity index (χ3v) is 17.7.